The molecule has 0 saturated carbocycles. The Kier molecular flexibility index (Phi) is 4.60. The van der Waals surface area contributed by atoms with E-state index in [1.165, 1.54) is 0 Å². The van der Waals surface area contributed by atoms with E-state index in [0.29, 0.717) is 22.4 Å². The predicted octanol–water partition coefficient (Wildman–Crippen LogP) is 3.05. The Hall–Kier alpha value is -1.62. The van der Waals surface area contributed by atoms with E-state index in [-0.39, 0.29) is 0 Å². The molecule has 4 nitrogen and oxygen atoms in total. The predicted molar refractivity (Wildman–Crippen MR) is 82.9 cm³/mol. The third kappa shape index (κ3) is 3.28. The number of benzene rings is 1. The van der Waals surface area contributed by atoms with Crippen molar-refractivity contribution in [3.05, 3.63) is 41.7 Å². The Morgan fingerprint density at radius 1 is 1.40 bits per heavy atom. The van der Waals surface area contributed by atoms with Crippen LogP contribution in [0, 0.1) is 6.92 Å². The van der Waals surface area contributed by atoms with Gasteiger partial charge < -0.3 is 5.73 Å². The van der Waals surface area contributed by atoms with Gasteiger partial charge in [-0.05, 0) is 44.0 Å². The highest BCUT2D eigenvalue weighted by molar-refractivity contribution is 7.84. The molecule has 0 amide bonds. The molecule has 0 saturated heterocycles. The second kappa shape index (κ2) is 6.22. The number of aromatic nitrogens is 2. The maximum Gasteiger partial charge on any atom is 0.0753 e. The van der Waals surface area contributed by atoms with Crippen LogP contribution in [0.25, 0.3) is 0 Å². The first-order chi connectivity index (χ1) is 9.51. The number of hydrogen-bond acceptors (Lipinski definition) is 3. The van der Waals surface area contributed by atoms with E-state index in [1.54, 1.807) is 0 Å². The summed E-state index contributed by atoms with van der Waals surface area (Å²) in [5.74, 6) is 0.399. The SMILES string of the molecule is CCC(C)n1ccc(CS(=O)c2ccc(C)cc2N)n1. The van der Waals surface area contributed by atoms with Gasteiger partial charge in [-0.25, -0.2) is 0 Å². The summed E-state index contributed by atoms with van der Waals surface area (Å²) in [4.78, 5) is 0.689. The van der Waals surface area contributed by atoms with E-state index in [0.717, 1.165) is 17.7 Å². The molecule has 5 heteroatoms. The van der Waals surface area contributed by atoms with Crippen LogP contribution in [-0.2, 0) is 16.6 Å². The number of nitrogens with zero attached hydrogens (tertiary/aromatic N) is 2. The second-order valence-electron chi connectivity index (χ2n) is 5.08. The van der Waals surface area contributed by atoms with Crippen molar-refractivity contribution in [3.8, 4) is 0 Å². The minimum absolute atomic E-state index is 0.363. The third-order valence-corrected chi connectivity index (χ3v) is 4.82. The van der Waals surface area contributed by atoms with Gasteiger partial charge in [0.05, 0.1) is 27.1 Å². The molecule has 0 bridgehead atoms. The smallest absolute Gasteiger partial charge is 0.0753 e. The molecule has 20 heavy (non-hydrogen) atoms. The summed E-state index contributed by atoms with van der Waals surface area (Å²) in [7, 11) is -1.16. The molecule has 2 rings (SSSR count). The highest BCUT2D eigenvalue weighted by atomic mass is 32.2. The molecule has 1 aromatic heterocycles. The first kappa shape index (κ1) is 14.8. The normalized spacial score (nSPS) is 14.2. The maximum absolute atomic E-state index is 12.4. The first-order valence-corrected chi connectivity index (χ1v) is 8.11. The molecule has 1 aromatic carbocycles. The number of anilines is 1. The Balaban J connectivity index is 2.13. The lowest BCUT2D eigenvalue weighted by atomic mass is 10.2. The summed E-state index contributed by atoms with van der Waals surface area (Å²) in [6.07, 6.45) is 2.97. The Labute approximate surface area is 122 Å². The fourth-order valence-corrected chi connectivity index (χ4v) is 3.09. The van der Waals surface area contributed by atoms with E-state index >= 15 is 0 Å². The molecule has 0 aliphatic rings. The Morgan fingerprint density at radius 2 is 2.15 bits per heavy atom. The average molecular weight is 291 g/mol. The lowest BCUT2D eigenvalue weighted by molar-refractivity contribution is 0.475. The minimum atomic E-state index is -1.16. The van der Waals surface area contributed by atoms with Gasteiger partial charge in [0.25, 0.3) is 0 Å². The van der Waals surface area contributed by atoms with Crippen LogP contribution in [0.15, 0.2) is 35.4 Å². The molecule has 1 heterocycles. The molecule has 2 N–H and O–H groups in total. The zero-order chi connectivity index (χ0) is 14.7. The molecule has 108 valence electrons. The van der Waals surface area contributed by atoms with Crippen molar-refractivity contribution in [1.29, 1.82) is 0 Å². The van der Waals surface area contributed by atoms with E-state index in [9.17, 15) is 4.21 Å². The van der Waals surface area contributed by atoms with Crippen molar-refractivity contribution in [2.24, 2.45) is 0 Å². The topological polar surface area (TPSA) is 60.9 Å². The summed E-state index contributed by atoms with van der Waals surface area (Å²) in [5, 5.41) is 4.48. The number of aryl methyl sites for hydroxylation is 1. The van der Waals surface area contributed by atoms with Crippen LogP contribution in [0.5, 0.6) is 0 Å². The van der Waals surface area contributed by atoms with Gasteiger partial charge in [0.1, 0.15) is 0 Å². The molecular formula is C15H21N3OS. The average Bonchev–Trinajstić information content (AvgIpc) is 2.86. The summed E-state index contributed by atoms with van der Waals surface area (Å²) in [6.45, 7) is 6.21. The number of nitrogen functional groups attached to an aromatic ring is 1. The fourth-order valence-electron chi connectivity index (χ4n) is 1.97. The van der Waals surface area contributed by atoms with Crippen LogP contribution in [0.3, 0.4) is 0 Å². The van der Waals surface area contributed by atoms with Crippen molar-refractivity contribution in [3.63, 3.8) is 0 Å². The quantitative estimate of drug-likeness (QED) is 0.861. The standard InChI is InChI=1S/C15H21N3OS/c1-4-12(3)18-8-7-13(17-18)10-20(19)15-6-5-11(2)9-14(15)16/h5-9,12H,4,10,16H2,1-3H3. The van der Waals surface area contributed by atoms with Crippen molar-refractivity contribution in [2.75, 3.05) is 5.73 Å². The van der Waals surface area contributed by atoms with E-state index in [1.807, 2.05) is 42.1 Å². The highest BCUT2D eigenvalue weighted by Crippen LogP contribution is 2.20. The van der Waals surface area contributed by atoms with Crippen LogP contribution < -0.4 is 5.73 Å². The first-order valence-electron chi connectivity index (χ1n) is 6.79. The molecule has 0 aliphatic heterocycles. The van der Waals surface area contributed by atoms with Crippen LogP contribution in [0.4, 0.5) is 5.69 Å². The van der Waals surface area contributed by atoms with Gasteiger partial charge in [-0.15, -0.1) is 0 Å². The van der Waals surface area contributed by atoms with E-state index < -0.39 is 10.8 Å². The van der Waals surface area contributed by atoms with Gasteiger partial charge in [-0.1, -0.05) is 13.0 Å². The molecule has 2 atom stereocenters. The molecule has 2 unspecified atom stereocenters. The zero-order valence-electron chi connectivity index (χ0n) is 12.2. The van der Waals surface area contributed by atoms with Gasteiger partial charge >= 0.3 is 0 Å². The number of hydrogen-bond donors (Lipinski definition) is 1. The van der Waals surface area contributed by atoms with Gasteiger partial charge in [0, 0.05) is 17.9 Å². The zero-order valence-corrected chi connectivity index (χ0v) is 13.0. The molecule has 2 aromatic rings. The number of rotatable bonds is 5. The maximum atomic E-state index is 12.4. The summed E-state index contributed by atoms with van der Waals surface area (Å²) in [6, 6.07) is 7.91. The Morgan fingerprint density at radius 3 is 2.80 bits per heavy atom. The molecule has 0 spiro atoms. The van der Waals surface area contributed by atoms with Crippen molar-refractivity contribution >= 4 is 16.5 Å². The van der Waals surface area contributed by atoms with Crippen LogP contribution in [0.1, 0.15) is 37.6 Å². The van der Waals surface area contributed by atoms with Crippen LogP contribution in [-0.4, -0.2) is 14.0 Å². The second-order valence-corrected chi connectivity index (χ2v) is 6.50. The molecule has 0 fully saturated rings. The summed E-state index contributed by atoms with van der Waals surface area (Å²) < 4.78 is 14.3. The largest absolute Gasteiger partial charge is 0.398 e. The molecule has 0 radical (unpaired) electrons. The lowest BCUT2D eigenvalue weighted by Crippen LogP contribution is -2.06. The Bertz CT molecular complexity index is 621. The molecular weight excluding hydrogens is 270 g/mol. The minimum Gasteiger partial charge on any atom is -0.398 e. The van der Waals surface area contributed by atoms with Gasteiger partial charge in [0.15, 0.2) is 0 Å². The lowest BCUT2D eigenvalue weighted by Gasteiger charge is -2.08. The molecule has 0 aliphatic carbocycles. The third-order valence-electron chi connectivity index (χ3n) is 3.40. The van der Waals surface area contributed by atoms with Gasteiger partial charge in [-0.2, -0.15) is 5.10 Å². The summed E-state index contributed by atoms with van der Waals surface area (Å²) in [5.41, 5.74) is 8.43. The number of nitrogens with two attached hydrogens (primary N) is 1. The van der Waals surface area contributed by atoms with Gasteiger partial charge in [0.2, 0.25) is 0 Å². The van der Waals surface area contributed by atoms with Crippen molar-refractivity contribution in [2.45, 2.75) is 43.9 Å². The summed E-state index contributed by atoms with van der Waals surface area (Å²) >= 11 is 0. The van der Waals surface area contributed by atoms with Crippen LogP contribution in [0.2, 0.25) is 0 Å². The van der Waals surface area contributed by atoms with Gasteiger partial charge in [-0.3, -0.25) is 8.89 Å². The van der Waals surface area contributed by atoms with E-state index in [2.05, 4.69) is 18.9 Å². The van der Waals surface area contributed by atoms with E-state index in [4.69, 9.17) is 5.73 Å². The fraction of sp³-hybridized carbons (Fsp3) is 0.400. The van der Waals surface area contributed by atoms with Crippen molar-refractivity contribution in [1.82, 2.24) is 9.78 Å². The van der Waals surface area contributed by atoms with Crippen LogP contribution >= 0.6 is 0 Å². The van der Waals surface area contributed by atoms with Crippen molar-refractivity contribution < 1.29 is 4.21 Å². The highest BCUT2D eigenvalue weighted by Gasteiger charge is 2.12. The monoisotopic (exact) mass is 291 g/mol.